The van der Waals surface area contributed by atoms with Gasteiger partial charge >= 0.3 is 0 Å². The molecule has 1 fully saturated rings. The van der Waals surface area contributed by atoms with Gasteiger partial charge in [-0.3, -0.25) is 9.59 Å². The van der Waals surface area contributed by atoms with E-state index >= 15 is 0 Å². The summed E-state index contributed by atoms with van der Waals surface area (Å²) in [6.07, 6.45) is 0.492. The monoisotopic (exact) mass is 329 g/mol. The van der Waals surface area contributed by atoms with Crippen LogP contribution in [-0.2, 0) is 10.0 Å². The maximum absolute atomic E-state index is 12.3. The molecular weight excluding hydrogens is 310 g/mol. The lowest BCUT2D eigenvalue weighted by Gasteiger charge is -2.17. The number of aromatic nitrogens is 1. The quantitative estimate of drug-likeness (QED) is 0.713. The number of likely N-dealkylation sites (tertiary alicyclic amines) is 1. The van der Waals surface area contributed by atoms with Crippen molar-refractivity contribution in [3.63, 3.8) is 0 Å². The zero-order valence-corrected chi connectivity index (χ0v) is 13.2. The smallest absolute Gasteiger partial charge is 0.260 e. The van der Waals surface area contributed by atoms with E-state index in [0.717, 1.165) is 4.31 Å². The van der Waals surface area contributed by atoms with Gasteiger partial charge in [0.15, 0.2) is 0 Å². The lowest BCUT2D eigenvalue weighted by molar-refractivity contribution is 0.0763. The highest BCUT2D eigenvalue weighted by molar-refractivity contribution is 7.89. The number of β-amino-alcohol motifs (C(OH)–C–C–N with tert-alkyl or cyclic N) is 1. The molecule has 9 heteroatoms. The summed E-state index contributed by atoms with van der Waals surface area (Å²) in [5.74, 6) is -1.32. The first-order valence-corrected chi connectivity index (χ1v) is 8.38. The van der Waals surface area contributed by atoms with Gasteiger partial charge in [-0.25, -0.2) is 12.7 Å². The number of rotatable bonds is 4. The molecule has 22 heavy (non-hydrogen) atoms. The maximum atomic E-state index is 12.3. The van der Waals surface area contributed by atoms with Gasteiger partial charge < -0.3 is 15.0 Å². The molecule has 0 aliphatic carbocycles. The van der Waals surface area contributed by atoms with Gasteiger partial charge in [-0.2, -0.15) is 0 Å². The number of carbonyl (C=O) groups is 1. The molecule has 2 rings (SSSR count). The van der Waals surface area contributed by atoms with Crippen LogP contribution >= 0.6 is 0 Å². The predicted molar refractivity (Wildman–Crippen MR) is 79.9 cm³/mol. The van der Waals surface area contributed by atoms with Gasteiger partial charge in [0.05, 0.1) is 11.9 Å². The molecule has 1 aromatic heterocycles. The van der Waals surface area contributed by atoms with Crippen molar-refractivity contribution < 1.29 is 18.3 Å². The molecule has 0 aromatic carbocycles. The molecule has 0 unspecified atom stereocenters. The van der Waals surface area contributed by atoms with Crippen molar-refractivity contribution in [2.75, 3.05) is 32.9 Å². The van der Waals surface area contributed by atoms with Gasteiger partial charge in [0, 0.05) is 39.3 Å². The number of nitrogens with zero attached hydrogens (tertiary/aromatic N) is 2. The van der Waals surface area contributed by atoms with Crippen molar-refractivity contribution in [2.45, 2.75) is 6.10 Å². The van der Waals surface area contributed by atoms with Crippen LogP contribution in [0.2, 0.25) is 0 Å². The summed E-state index contributed by atoms with van der Waals surface area (Å²) >= 11 is 0. The Hall–Kier alpha value is -1.71. The maximum Gasteiger partial charge on any atom is 0.260 e. The topological polar surface area (TPSA) is 111 Å². The predicted octanol–water partition coefficient (Wildman–Crippen LogP) is -1.30. The molecule has 2 atom stereocenters. The highest BCUT2D eigenvalue weighted by Gasteiger charge is 2.38. The molecule has 2 N–H and O–H groups in total. The first-order chi connectivity index (χ1) is 10.2. The molecule has 1 aliphatic heterocycles. The molecule has 1 aromatic rings. The molecule has 1 aliphatic rings. The Kier molecular flexibility index (Phi) is 4.69. The third kappa shape index (κ3) is 3.37. The molecular formula is C13H19N3O5S. The lowest BCUT2D eigenvalue weighted by atomic mass is 10.1. The Balaban J connectivity index is 2.13. The van der Waals surface area contributed by atoms with Crippen LogP contribution in [0, 0.1) is 5.92 Å². The standard InChI is InChI=1S/C13H19N3O5S/c1-15(2)22(20,21)8-9-6-16(7-11(9)17)13(19)10-4-3-5-14-12(10)18/h3-5,9,11,17H,6-8H2,1-2H3,(H,14,18)/t9-,11+/m0/s1. The van der Waals surface area contributed by atoms with E-state index in [1.54, 1.807) is 0 Å². The molecule has 0 bridgehead atoms. The largest absolute Gasteiger partial charge is 0.391 e. The minimum absolute atomic E-state index is 0.0147. The fraction of sp³-hybridized carbons (Fsp3) is 0.538. The van der Waals surface area contributed by atoms with Crippen LogP contribution in [0.4, 0.5) is 0 Å². The van der Waals surface area contributed by atoms with Gasteiger partial charge in [-0.15, -0.1) is 0 Å². The Morgan fingerprint density at radius 1 is 1.45 bits per heavy atom. The van der Waals surface area contributed by atoms with E-state index in [4.69, 9.17) is 0 Å². The normalized spacial score (nSPS) is 22.3. The third-order valence-electron chi connectivity index (χ3n) is 3.72. The second-order valence-electron chi connectivity index (χ2n) is 5.51. The highest BCUT2D eigenvalue weighted by atomic mass is 32.2. The van der Waals surface area contributed by atoms with Crippen molar-refractivity contribution in [1.29, 1.82) is 0 Å². The first-order valence-electron chi connectivity index (χ1n) is 6.77. The number of hydrogen-bond acceptors (Lipinski definition) is 5. The van der Waals surface area contributed by atoms with E-state index in [0.29, 0.717) is 0 Å². The summed E-state index contributed by atoms with van der Waals surface area (Å²) in [5.41, 5.74) is -0.530. The Morgan fingerprint density at radius 3 is 2.73 bits per heavy atom. The van der Waals surface area contributed by atoms with Crippen LogP contribution in [-0.4, -0.2) is 72.7 Å². The molecule has 122 valence electrons. The first kappa shape index (κ1) is 16.7. The number of pyridine rings is 1. The van der Waals surface area contributed by atoms with Gasteiger partial charge in [0.2, 0.25) is 10.0 Å². The summed E-state index contributed by atoms with van der Waals surface area (Å²) in [6, 6.07) is 2.94. The lowest BCUT2D eigenvalue weighted by Crippen LogP contribution is -2.34. The van der Waals surface area contributed by atoms with Crippen molar-refractivity contribution in [3.8, 4) is 0 Å². The van der Waals surface area contributed by atoms with E-state index in [1.165, 1.54) is 37.3 Å². The second-order valence-corrected chi connectivity index (χ2v) is 7.74. The van der Waals surface area contributed by atoms with Gasteiger partial charge in [-0.05, 0) is 12.1 Å². The number of H-pyrrole nitrogens is 1. The number of aliphatic hydroxyl groups is 1. The number of sulfonamides is 1. The minimum Gasteiger partial charge on any atom is -0.391 e. The van der Waals surface area contributed by atoms with Crippen molar-refractivity contribution in [2.24, 2.45) is 5.92 Å². The van der Waals surface area contributed by atoms with Crippen LogP contribution < -0.4 is 5.56 Å². The number of amides is 1. The second kappa shape index (κ2) is 6.19. The zero-order valence-electron chi connectivity index (χ0n) is 12.4. The van der Waals surface area contributed by atoms with Crippen LogP contribution in [0.3, 0.4) is 0 Å². The van der Waals surface area contributed by atoms with Crippen LogP contribution in [0.25, 0.3) is 0 Å². The Bertz CT molecular complexity index is 712. The van der Waals surface area contributed by atoms with E-state index in [9.17, 15) is 23.1 Å². The summed E-state index contributed by atoms with van der Waals surface area (Å²) in [7, 11) is -0.630. The van der Waals surface area contributed by atoms with E-state index in [-0.39, 0.29) is 24.4 Å². The number of aliphatic hydroxyl groups excluding tert-OH is 1. The van der Waals surface area contributed by atoms with Crippen molar-refractivity contribution >= 4 is 15.9 Å². The number of nitrogens with one attached hydrogen (secondary N) is 1. The van der Waals surface area contributed by atoms with Gasteiger partial charge in [0.25, 0.3) is 11.5 Å². The average molecular weight is 329 g/mol. The molecule has 0 spiro atoms. The zero-order chi connectivity index (χ0) is 16.5. The van der Waals surface area contributed by atoms with E-state index in [1.807, 2.05) is 0 Å². The van der Waals surface area contributed by atoms with Crippen molar-refractivity contribution in [3.05, 3.63) is 34.2 Å². The fourth-order valence-corrected chi connectivity index (χ4v) is 3.53. The molecule has 0 radical (unpaired) electrons. The summed E-state index contributed by atoms with van der Waals surface area (Å²) < 4.78 is 24.9. The SMILES string of the molecule is CN(C)S(=O)(=O)C[C@@H]1CN(C(=O)c2ccc[nH]c2=O)C[C@H]1O. The van der Waals surface area contributed by atoms with Gasteiger partial charge in [0.1, 0.15) is 5.56 Å². The third-order valence-corrected chi connectivity index (χ3v) is 5.69. The average Bonchev–Trinajstić information content (AvgIpc) is 2.79. The molecule has 8 nitrogen and oxygen atoms in total. The number of aromatic amines is 1. The minimum atomic E-state index is -3.47. The van der Waals surface area contributed by atoms with E-state index in [2.05, 4.69) is 4.98 Å². The molecule has 0 saturated carbocycles. The summed E-state index contributed by atoms with van der Waals surface area (Å²) in [6.45, 7) is 0.113. The molecule has 1 amide bonds. The van der Waals surface area contributed by atoms with Crippen LogP contribution in [0.1, 0.15) is 10.4 Å². The summed E-state index contributed by atoms with van der Waals surface area (Å²) in [4.78, 5) is 27.6. The van der Waals surface area contributed by atoms with Gasteiger partial charge in [-0.1, -0.05) is 0 Å². The number of carbonyl (C=O) groups excluding carboxylic acids is 1. The fourth-order valence-electron chi connectivity index (χ4n) is 2.36. The Labute approximate surface area is 128 Å². The molecule has 2 heterocycles. The number of hydrogen-bond donors (Lipinski definition) is 2. The van der Waals surface area contributed by atoms with E-state index < -0.39 is 33.5 Å². The highest BCUT2D eigenvalue weighted by Crippen LogP contribution is 2.21. The Morgan fingerprint density at radius 2 is 2.14 bits per heavy atom. The van der Waals surface area contributed by atoms with Crippen LogP contribution in [0.15, 0.2) is 23.1 Å². The summed E-state index contributed by atoms with van der Waals surface area (Å²) in [5, 5.41) is 10.0. The molecule has 1 saturated heterocycles. The van der Waals surface area contributed by atoms with Crippen LogP contribution in [0.5, 0.6) is 0 Å². The van der Waals surface area contributed by atoms with Crippen molar-refractivity contribution in [1.82, 2.24) is 14.2 Å².